The van der Waals surface area contributed by atoms with Crippen LogP contribution in [0.2, 0.25) is 5.02 Å². The maximum absolute atomic E-state index is 6.12. The summed E-state index contributed by atoms with van der Waals surface area (Å²) in [6.45, 7) is 0.522. The van der Waals surface area contributed by atoms with Crippen molar-refractivity contribution in [3.05, 3.63) is 52.6 Å². The Labute approximate surface area is 106 Å². The summed E-state index contributed by atoms with van der Waals surface area (Å²) in [6, 6.07) is 7.91. The van der Waals surface area contributed by atoms with Crippen LogP contribution in [-0.2, 0) is 26.4 Å². The number of hydrogen-bond acceptors (Lipinski definition) is 2. The molecule has 90 valence electrons. The normalized spacial score (nSPS) is 10.8. The number of hydrogen-bond donors (Lipinski definition) is 1. The molecule has 0 amide bonds. The van der Waals surface area contributed by atoms with Crippen molar-refractivity contribution in [3.8, 4) is 0 Å². The van der Waals surface area contributed by atoms with E-state index in [1.165, 1.54) is 0 Å². The van der Waals surface area contributed by atoms with Crippen LogP contribution in [0.4, 0.5) is 0 Å². The van der Waals surface area contributed by atoms with Crippen LogP contribution in [0.1, 0.15) is 17.0 Å². The molecule has 0 bridgehead atoms. The Hall–Kier alpha value is -1.32. The summed E-state index contributed by atoms with van der Waals surface area (Å²) < 4.78 is 1.97. The summed E-state index contributed by atoms with van der Waals surface area (Å²) in [4.78, 5) is 4.37. The molecule has 0 spiro atoms. The summed E-state index contributed by atoms with van der Waals surface area (Å²) in [5, 5.41) is 0.817. The Balaban J connectivity index is 2.10. The van der Waals surface area contributed by atoms with E-state index in [0.29, 0.717) is 6.54 Å². The molecule has 0 unspecified atom stereocenters. The second-order valence-corrected chi connectivity index (χ2v) is 4.45. The first-order chi connectivity index (χ1) is 8.22. The average Bonchev–Trinajstić information content (AvgIpc) is 2.69. The number of nitrogens with zero attached hydrogens (tertiary/aromatic N) is 2. The predicted octanol–water partition coefficient (Wildman–Crippen LogP) is 2.32. The lowest BCUT2D eigenvalue weighted by Gasteiger charge is -2.05. The maximum atomic E-state index is 6.12. The highest BCUT2D eigenvalue weighted by molar-refractivity contribution is 6.31. The second kappa shape index (κ2) is 5.34. The largest absolute Gasteiger partial charge is 0.336 e. The molecule has 0 aliphatic rings. The lowest BCUT2D eigenvalue weighted by molar-refractivity contribution is 0.801. The van der Waals surface area contributed by atoms with Crippen LogP contribution in [0.25, 0.3) is 0 Å². The molecule has 0 aliphatic heterocycles. The quantitative estimate of drug-likeness (QED) is 0.904. The van der Waals surface area contributed by atoms with Gasteiger partial charge in [-0.2, -0.15) is 0 Å². The molecule has 0 aliphatic carbocycles. The van der Waals surface area contributed by atoms with Gasteiger partial charge in [0.25, 0.3) is 0 Å². The van der Waals surface area contributed by atoms with Crippen LogP contribution in [-0.4, -0.2) is 9.55 Å². The van der Waals surface area contributed by atoms with Crippen molar-refractivity contribution in [1.29, 1.82) is 0 Å². The van der Waals surface area contributed by atoms with Crippen LogP contribution in [0.5, 0.6) is 0 Å². The number of imidazole rings is 1. The number of aromatic nitrogens is 2. The molecule has 1 aromatic heterocycles. The minimum Gasteiger partial charge on any atom is -0.336 e. The molecular formula is C13H16ClN3. The molecule has 2 N–H and O–H groups in total. The lowest BCUT2D eigenvalue weighted by Crippen LogP contribution is -2.06. The van der Waals surface area contributed by atoms with Gasteiger partial charge in [-0.3, -0.25) is 0 Å². The first-order valence-corrected chi connectivity index (χ1v) is 6.02. The van der Waals surface area contributed by atoms with E-state index in [1.807, 2.05) is 42.2 Å². The molecule has 2 aromatic rings. The number of aryl methyl sites for hydroxylation is 3. The fourth-order valence-electron chi connectivity index (χ4n) is 1.93. The zero-order chi connectivity index (χ0) is 12.3. The summed E-state index contributed by atoms with van der Waals surface area (Å²) in [7, 11) is 1.97. The molecule has 0 saturated carbocycles. The Morgan fingerprint density at radius 1 is 1.29 bits per heavy atom. The highest BCUT2D eigenvalue weighted by Gasteiger charge is 2.08. The minimum absolute atomic E-state index is 0.522. The van der Waals surface area contributed by atoms with Crippen molar-refractivity contribution in [2.24, 2.45) is 12.8 Å². The van der Waals surface area contributed by atoms with Gasteiger partial charge < -0.3 is 10.3 Å². The highest BCUT2D eigenvalue weighted by Crippen LogP contribution is 2.17. The van der Waals surface area contributed by atoms with Gasteiger partial charge >= 0.3 is 0 Å². The van der Waals surface area contributed by atoms with E-state index in [4.69, 9.17) is 17.3 Å². The van der Waals surface area contributed by atoms with E-state index < -0.39 is 0 Å². The highest BCUT2D eigenvalue weighted by atomic mass is 35.5. The molecule has 4 heteroatoms. The Morgan fingerprint density at radius 2 is 2.06 bits per heavy atom. The van der Waals surface area contributed by atoms with Crippen LogP contribution < -0.4 is 5.73 Å². The number of halogens is 1. The molecule has 1 heterocycles. The standard InChI is InChI=1S/C13H16ClN3/c1-17-9-16-12(13(17)8-15)7-6-10-4-2-3-5-11(10)14/h2-5,9H,6-8,15H2,1H3. The summed E-state index contributed by atoms with van der Waals surface area (Å²) in [5.41, 5.74) is 9.02. The lowest BCUT2D eigenvalue weighted by atomic mass is 10.1. The Morgan fingerprint density at radius 3 is 2.76 bits per heavy atom. The third-order valence-corrected chi connectivity index (χ3v) is 3.30. The molecule has 0 fully saturated rings. The van der Waals surface area contributed by atoms with Crippen molar-refractivity contribution >= 4 is 11.6 Å². The maximum Gasteiger partial charge on any atom is 0.0949 e. The zero-order valence-electron chi connectivity index (χ0n) is 9.86. The third-order valence-electron chi connectivity index (χ3n) is 2.93. The van der Waals surface area contributed by atoms with Crippen LogP contribution in [0, 0.1) is 0 Å². The molecule has 0 saturated heterocycles. The molecule has 0 radical (unpaired) electrons. The van der Waals surface area contributed by atoms with Gasteiger partial charge in [0.1, 0.15) is 0 Å². The monoisotopic (exact) mass is 249 g/mol. The van der Waals surface area contributed by atoms with Gasteiger partial charge in [0.05, 0.1) is 17.7 Å². The van der Waals surface area contributed by atoms with Gasteiger partial charge in [0.2, 0.25) is 0 Å². The average molecular weight is 250 g/mol. The SMILES string of the molecule is Cn1cnc(CCc2ccccc2Cl)c1CN. The zero-order valence-corrected chi connectivity index (χ0v) is 10.6. The fourth-order valence-corrected chi connectivity index (χ4v) is 2.16. The fraction of sp³-hybridized carbons (Fsp3) is 0.308. The van der Waals surface area contributed by atoms with Crippen molar-refractivity contribution in [2.75, 3.05) is 0 Å². The van der Waals surface area contributed by atoms with Crippen molar-refractivity contribution < 1.29 is 0 Å². The van der Waals surface area contributed by atoms with Gasteiger partial charge in [-0.05, 0) is 24.5 Å². The number of nitrogens with two attached hydrogens (primary N) is 1. The number of benzene rings is 1. The van der Waals surface area contributed by atoms with Crippen LogP contribution in [0.3, 0.4) is 0 Å². The van der Waals surface area contributed by atoms with Crippen molar-refractivity contribution in [2.45, 2.75) is 19.4 Å². The first kappa shape index (κ1) is 12.1. The molecule has 1 aromatic carbocycles. The molecule has 2 rings (SSSR count). The van der Waals surface area contributed by atoms with Gasteiger partial charge in [-0.15, -0.1) is 0 Å². The second-order valence-electron chi connectivity index (χ2n) is 4.04. The van der Waals surface area contributed by atoms with Gasteiger partial charge in [0.15, 0.2) is 0 Å². The predicted molar refractivity (Wildman–Crippen MR) is 70.0 cm³/mol. The first-order valence-electron chi connectivity index (χ1n) is 5.65. The summed E-state index contributed by atoms with van der Waals surface area (Å²) in [6.07, 6.45) is 3.57. The van der Waals surface area contributed by atoms with Gasteiger partial charge in [-0.25, -0.2) is 4.98 Å². The summed E-state index contributed by atoms with van der Waals surface area (Å²) >= 11 is 6.12. The number of rotatable bonds is 4. The third kappa shape index (κ3) is 2.68. The summed E-state index contributed by atoms with van der Waals surface area (Å²) in [5.74, 6) is 0. The molecule has 17 heavy (non-hydrogen) atoms. The van der Waals surface area contributed by atoms with E-state index in [0.717, 1.165) is 34.8 Å². The molecule has 3 nitrogen and oxygen atoms in total. The van der Waals surface area contributed by atoms with Gasteiger partial charge in [-0.1, -0.05) is 29.8 Å². The topological polar surface area (TPSA) is 43.8 Å². The minimum atomic E-state index is 0.522. The van der Waals surface area contributed by atoms with E-state index >= 15 is 0 Å². The Bertz CT molecular complexity index is 505. The van der Waals surface area contributed by atoms with E-state index in [1.54, 1.807) is 0 Å². The van der Waals surface area contributed by atoms with Gasteiger partial charge in [0, 0.05) is 18.6 Å². The Kier molecular flexibility index (Phi) is 3.82. The van der Waals surface area contributed by atoms with E-state index in [9.17, 15) is 0 Å². The van der Waals surface area contributed by atoms with E-state index in [2.05, 4.69) is 4.98 Å². The molecular weight excluding hydrogens is 234 g/mol. The smallest absolute Gasteiger partial charge is 0.0949 e. The van der Waals surface area contributed by atoms with Crippen LogP contribution >= 0.6 is 11.6 Å². The molecule has 0 atom stereocenters. The van der Waals surface area contributed by atoms with E-state index in [-0.39, 0.29) is 0 Å². The van der Waals surface area contributed by atoms with Crippen molar-refractivity contribution in [3.63, 3.8) is 0 Å². The van der Waals surface area contributed by atoms with Crippen LogP contribution in [0.15, 0.2) is 30.6 Å². The van der Waals surface area contributed by atoms with Crippen molar-refractivity contribution in [1.82, 2.24) is 9.55 Å².